The summed E-state index contributed by atoms with van der Waals surface area (Å²) in [6, 6.07) is 12.9. The van der Waals surface area contributed by atoms with Crippen molar-refractivity contribution < 1.29 is 22.8 Å². The fourth-order valence-electron chi connectivity index (χ4n) is 4.83. The number of Topliss-reactive ketones (excluding diaryl/α,β-unsaturated/α-hetero) is 2. The Hall–Kier alpha value is -3.39. The molecule has 36 heavy (non-hydrogen) atoms. The molecule has 0 atom stereocenters. The van der Waals surface area contributed by atoms with Crippen LogP contribution in [0.4, 0.5) is 13.2 Å². The van der Waals surface area contributed by atoms with Crippen LogP contribution in [0.3, 0.4) is 0 Å². The number of allylic oxidation sites excluding steroid dienone is 1. The van der Waals surface area contributed by atoms with Gasteiger partial charge in [0.05, 0.1) is 16.5 Å². The summed E-state index contributed by atoms with van der Waals surface area (Å²) in [4.78, 5) is 34.1. The van der Waals surface area contributed by atoms with E-state index in [0.717, 1.165) is 41.0 Å². The number of hydrogen-bond acceptors (Lipinski definition) is 5. The lowest BCUT2D eigenvalue weighted by Crippen LogP contribution is -2.43. The normalized spacial score (nSPS) is 16.8. The zero-order valence-electron chi connectivity index (χ0n) is 19.3. The Morgan fingerprint density at radius 2 is 1.81 bits per heavy atom. The highest BCUT2D eigenvalue weighted by Gasteiger charge is 2.46. The molecule has 8 heteroatoms. The molecular weight excluding hydrogens is 485 g/mol. The van der Waals surface area contributed by atoms with E-state index in [4.69, 9.17) is 0 Å². The molecule has 1 aliphatic carbocycles. The van der Waals surface area contributed by atoms with E-state index in [1.165, 1.54) is 17.4 Å². The number of thiazole rings is 1. The molecule has 0 N–H and O–H groups in total. The third-order valence-electron chi connectivity index (χ3n) is 7.05. The highest BCUT2D eigenvalue weighted by Crippen LogP contribution is 2.47. The molecule has 2 aliphatic rings. The molecule has 5 rings (SSSR count). The number of aromatic nitrogens is 1. The van der Waals surface area contributed by atoms with E-state index in [-0.39, 0.29) is 24.4 Å². The summed E-state index contributed by atoms with van der Waals surface area (Å²) in [5, 5.41) is 1.74. The van der Waals surface area contributed by atoms with Gasteiger partial charge < -0.3 is 0 Å². The average molecular weight is 509 g/mol. The summed E-state index contributed by atoms with van der Waals surface area (Å²) in [5.41, 5.74) is 4.51. The zero-order chi connectivity index (χ0) is 25.3. The summed E-state index contributed by atoms with van der Waals surface area (Å²) < 4.78 is 39.7. The fourth-order valence-corrected chi connectivity index (χ4v) is 5.39. The summed E-state index contributed by atoms with van der Waals surface area (Å²) in [7, 11) is 0. The predicted octanol–water partition coefficient (Wildman–Crippen LogP) is 6.85. The molecule has 1 aromatic heterocycles. The van der Waals surface area contributed by atoms with Crippen LogP contribution in [0.2, 0.25) is 0 Å². The molecule has 2 aromatic carbocycles. The standard InChI is InChI=1S/C28H23F3N2O2S/c29-28(30,31)22-4-1-3-21(13-22)27(9-2-10-27)26(35)14-23-12-20(15-32-23)19-7-5-18(6-8-19)11-25(34)24-16-36-17-33-24/h1,3-8,13,15-17H,2,9-12,14H2. The van der Waals surface area contributed by atoms with Crippen molar-refractivity contribution in [3.05, 3.63) is 93.6 Å². The number of alkyl halides is 3. The molecule has 4 nitrogen and oxygen atoms in total. The van der Waals surface area contributed by atoms with Gasteiger partial charge in [-0.15, -0.1) is 11.3 Å². The highest BCUT2D eigenvalue weighted by molar-refractivity contribution is 7.07. The Morgan fingerprint density at radius 1 is 1.03 bits per heavy atom. The van der Waals surface area contributed by atoms with E-state index in [2.05, 4.69) is 9.98 Å². The lowest BCUT2D eigenvalue weighted by Gasteiger charge is -2.41. The van der Waals surface area contributed by atoms with Crippen LogP contribution in [0.1, 0.15) is 64.8 Å². The van der Waals surface area contributed by atoms with Gasteiger partial charge in [-0.25, -0.2) is 4.98 Å². The zero-order valence-corrected chi connectivity index (χ0v) is 20.2. The van der Waals surface area contributed by atoms with Crippen molar-refractivity contribution in [3.63, 3.8) is 0 Å². The lowest BCUT2D eigenvalue weighted by atomic mass is 9.61. The maximum Gasteiger partial charge on any atom is 0.416 e. The first kappa shape index (κ1) is 24.3. The number of ketones is 2. The number of aliphatic imine (C=N–C) groups is 1. The van der Waals surface area contributed by atoms with Crippen molar-refractivity contribution in [1.29, 1.82) is 0 Å². The van der Waals surface area contributed by atoms with Gasteiger partial charge in [-0.05, 0) is 41.2 Å². The van der Waals surface area contributed by atoms with Gasteiger partial charge >= 0.3 is 6.18 Å². The van der Waals surface area contributed by atoms with Crippen molar-refractivity contribution in [2.24, 2.45) is 4.99 Å². The molecule has 0 saturated heterocycles. The van der Waals surface area contributed by atoms with Gasteiger partial charge in [0.25, 0.3) is 0 Å². The van der Waals surface area contributed by atoms with Crippen LogP contribution >= 0.6 is 11.3 Å². The van der Waals surface area contributed by atoms with Crippen LogP contribution in [0.25, 0.3) is 5.57 Å². The van der Waals surface area contributed by atoms with E-state index in [1.807, 2.05) is 24.3 Å². The van der Waals surface area contributed by atoms with Crippen LogP contribution in [0.15, 0.2) is 70.6 Å². The van der Waals surface area contributed by atoms with Gasteiger partial charge in [-0.1, -0.05) is 48.9 Å². The number of hydrogen-bond donors (Lipinski definition) is 0. The Morgan fingerprint density at radius 3 is 2.44 bits per heavy atom. The Bertz CT molecular complexity index is 1350. The average Bonchev–Trinajstić information content (AvgIpc) is 3.51. The second-order valence-corrected chi connectivity index (χ2v) is 10.0. The SMILES string of the molecule is O=C(Cc1ccc(C2=CN=C(CC(=O)C3(c4cccc(C(F)(F)F)c4)CCC3)C2)cc1)c1cscn1. The van der Waals surface area contributed by atoms with E-state index in [1.54, 1.807) is 23.2 Å². The van der Waals surface area contributed by atoms with E-state index >= 15 is 0 Å². The van der Waals surface area contributed by atoms with Crippen LogP contribution in [0, 0.1) is 0 Å². The minimum atomic E-state index is -4.44. The van der Waals surface area contributed by atoms with Crippen molar-refractivity contribution in [1.82, 2.24) is 4.98 Å². The van der Waals surface area contributed by atoms with Crippen LogP contribution in [-0.4, -0.2) is 22.3 Å². The van der Waals surface area contributed by atoms with Gasteiger partial charge in [0.2, 0.25) is 0 Å². The predicted molar refractivity (Wildman–Crippen MR) is 133 cm³/mol. The smallest absolute Gasteiger partial charge is 0.298 e. The minimum absolute atomic E-state index is 0.0288. The first-order chi connectivity index (χ1) is 17.2. The number of halogens is 3. The van der Waals surface area contributed by atoms with E-state index < -0.39 is 17.2 Å². The quantitative estimate of drug-likeness (QED) is 0.313. The molecule has 3 aromatic rings. The second kappa shape index (κ2) is 9.58. The van der Waals surface area contributed by atoms with Gasteiger partial charge in [-0.3, -0.25) is 14.6 Å². The molecular formula is C28H23F3N2O2S. The van der Waals surface area contributed by atoms with Crippen molar-refractivity contribution in [2.75, 3.05) is 0 Å². The van der Waals surface area contributed by atoms with Crippen molar-refractivity contribution >= 4 is 34.2 Å². The minimum Gasteiger partial charge on any atom is -0.298 e. The maximum absolute atomic E-state index is 13.3. The van der Waals surface area contributed by atoms with Gasteiger partial charge in [0.1, 0.15) is 11.5 Å². The van der Waals surface area contributed by atoms with Gasteiger partial charge in [0, 0.05) is 36.6 Å². The fraction of sp³-hybridized carbons (Fsp3) is 0.286. The summed E-state index contributed by atoms with van der Waals surface area (Å²) >= 11 is 1.39. The lowest BCUT2D eigenvalue weighted by molar-refractivity contribution is -0.138. The first-order valence-corrected chi connectivity index (χ1v) is 12.7. The second-order valence-electron chi connectivity index (χ2n) is 9.31. The first-order valence-electron chi connectivity index (χ1n) is 11.7. The summed E-state index contributed by atoms with van der Waals surface area (Å²) in [5.74, 6) is -0.101. The Balaban J connectivity index is 1.22. The van der Waals surface area contributed by atoms with Crippen LogP contribution in [0.5, 0.6) is 0 Å². The third kappa shape index (κ3) is 4.82. The number of benzene rings is 2. The van der Waals surface area contributed by atoms with E-state index in [0.29, 0.717) is 30.5 Å². The number of nitrogens with zero attached hydrogens (tertiary/aromatic N) is 2. The molecule has 0 amide bonds. The monoisotopic (exact) mass is 508 g/mol. The molecule has 0 spiro atoms. The third-order valence-corrected chi connectivity index (χ3v) is 7.64. The van der Waals surface area contributed by atoms with Crippen LogP contribution < -0.4 is 0 Å². The number of carbonyl (C=O) groups is 2. The molecule has 0 radical (unpaired) electrons. The molecule has 0 unspecified atom stereocenters. The topological polar surface area (TPSA) is 59.4 Å². The molecule has 184 valence electrons. The highest BCUT2D eigenvalue weighted by atomic mass is 32.1. The molecule has 1 fully saturated rings. The largest absolute Gasteiger partial charge is 0.416 e. The maximum atomic E-state index is 13.3. The van der Waals surface area contributed by atoms with Crippen molar-refractivity contribution in [2.45, 2.75) is 50.1 Å². The number of carbonyl (C=O) groups excluding carboxylic acids is 2. The molecule has 0 bridgehead atoms. The Labute approximate surface area is 210 Å². The molecule has 2 heterocycles. The Kier molecular flexibility index (Phi) is 6.47. The molecule has 1 saturated carbocycles. The summed E-state index contributed by atoms with van der Waals surface area (Å²) in [6.07, 6.45) is 0.144. The van der Waals surface area contributed by atoms with E-state index in [9.17, 15) is 22.8 Å². The van der Waals surface area contributed by atoms with Gasteiger partial charge in [0.15, 0.2) is 5.78 Å². The van der Waals surface area contributed by atoms with Gasteiger partial charge in [-0.2, -0.15) is 13.2 Å². The van der Waals surface area contributed by atoms with Crippen molar-refractivity contribution in [3.8, 4) is 0 Å². The van der Waals surface area contributed by atoms with Crippen LogP contribution in [-0.2, 0) is 22.8 Å². The number of rotatable bonds is 8. The summed E-state index contributed by atoms with van der Waals surface area (Å²) in [6.45, 7) is 0. The molecule has 1 aliphatic heterocycles.